The van der Waals surface area contributed by atoms with Crippen LogP contribution in [0.2, 0.25) is 0 Å². The van der Waals surface area contributed by atoms with Gasteiger partial charge in [-0.15, -0.1) is 10.2 Å². The molecule has 1 aliphatic carbocycles. The van der Waals surface area contributed by atoms with Crippen LogP contribution in [0.5, 0.6) is 0 Å². The van der Waals surface area contributed by atoms with Crippen LogP contribution in [0.25, 0.3) is 22.6 Å². The predicted octanol–water partition coefficient (Wildman–Crippen LogP) is 0.302. The summed E-state index contributed by atoms with van der Waals surface area (Å²) in [6, 6.07) is 6.90. The lowest BCUT2D eigenvalue weighted by Crippen LogP contribution is -2.46. The quantitative estimate of drug-likeness (QED) is 0.518. The summed E-state index contributed by atoms with van der Waals surface area (Å²) in [6.45, 7) is 5.35. The maximum atomic E-state index is 12.8. The zero-order chi connectivity index (χ0) is 24.4. The Hall–Kier alpha value is -3.44. The molecule has 2 N–H and O–H groups in total. The lowest BCUT2D eigenvalue weighted by Gasteiger charge is -2.27. The van der Waals surface area contributed by atoms with Crippen molar-refractivity contribution >= 4 is 17.1 Å². The van der Waals surface area contributed by atoms with Crippen molar-refractivity contribution in [2.75, 3.05) is 39.3 Å². The lowest BCUT2D eigenvalue weighted by molar-refractivity contribution is 0.0947. The predicted molar refractivity (Wildman–Crippen MR) is 131 cm³/mol. The zero-order valence-electron chi connectivity index (χ0n) is 19.9. The van der Waals surface area contributed by atoms with Gasteiger partial charge in [0.1, 0.15) is 0 Å². The molecule has 1 saturated carbocycles. The first-order valence-corrected chi connectivity index (χ1v) is 12.2. The minimum absolute atomic E-state index is 0.00289. The van der Waals surface area contributed by atoms with E-state index in [1.54, 1.807) is 28.8 Å². The Kier molecular flexibility index (Phi) is 6.69. The Morgan fingerprint density at radius 1 is 1.09 bits per heavy atom. The summed E-state index contributed by atoms with van der Waals surface area (Å²) >= 11 is 0. The number of carbonyl (C=O) groups is 1. The first-order chi connectivity index (χ1) is 17.0. The van der Waals surface area contributed by atoms with Gasteiger partial charge in [0.25, 0.3) is 11.5 Å². The van der Waals surface area contributed by atoms with Crippen molar-refractivity contribution in [2.45, 2.75) is 31.7 Å². The fraction of sp³-hybridized carbons (Fsp3) is 0.500. The van der Waals surface area contributed by atoms with Gasteiger partial charge in [0.15, 0.2) is 17.0 Å². The van der Waals surface area contributed by atoms with Gasteiger partial charge in [0.05, 0.1) is 0 Å². The highest BCUT2D eigenvalue weighted by Gasteiger charge is 2.24. The molecule has 2 aromatic heterocycles. The highest BCUT2D eigenvalue weighted by atomic mass is 16.2. The number of piperazine rings is 1. The number of fused-ring (bicyclic) bond motifs is 1. The number of carbonyl (C=O) groups excluding carboxylic acids is 1. The van der Waals surface area contributed by atoms with Crippen LogP contribution in [0.3, 0.4) is 0 Å². The van der Waals surface area contributed by atoms with E-state index >= 15 is 0 Å². The van der Waals surface area contributed by atoms with E-state index in [0.717, 1.165) is 63.0 Å². The average Bonchev–Trinajstić information content (AvgIpc) is 3.42. The summed E-state index contributed by atoms with van der Waals surface area (Å²) in [7, 11) is 1.47. The normalized spacial score (nSPS) is 17.2. The number of nitrogens with one attached hydrogen (secondary N) is 2. The number of hydrogen-bond acceptors (Lipinski definition) is 8. The summed E-state index contributed by atoms with van der Waals surface area (Å²) in [6.07, 6.45) is 3.82. The van der Waals surface area contributed by atoms with Crippen LogP contribution in [-0.2, 0) is 7.05 Å². The van der Waals surface area contributed by atoms with Crippen molar-refractivity contribution in [3.05, 3.63) is 50.7 Å². The number of aromatic nitrogens is 5. The molecule has 184 valence electrons. The fourth-order valence-electron chi connectivity index (χ4n) is 4.87. The third kappa shape index (κ3) is 4.73. The standard InChI is InChI=1S/C24H30N8O3/c1-30-23(34)19-21(32(24(30)35)18-4-2-3-5-18)29-28-20(27-19)16-6-8-17(9-7-16)22(33)26-12-15-31-13-10-25-11-14-31/h6-9,18,25H,2-5,10-15H2,1H3,(H,26,33). The summed E-state index contributed by atoms with van der Waals surface area (Å²) in [5, 5.41) is 14.7. The largest absolute Gasteiger partial charge is 0.351 e. The first-order valence-electron chi connectivity index (χ1n) is 12.2. The Labute approximate surface area is 202 Å². The summed E-state index contributed by atoms with van der Waals surface area (Å²) < 4.78 is 2.66. The molecular weight excluding hydrogens is 448 g/mol. The average molecular weight is 479 g/mol. The van der Waals surface area contributed by atoms with Gasteiger partial charge in [-0.25, -0.2) is 9.78 Å². The Morgan fingerprint density at radius 3 is 2.51 bits per heavy atom. The van der Waals surface area contributed by atoms with E-state index in [-0.39, 0.29) is 34.6 Å². The van der Waals surface area contributed by atoms with Gasteiger partial charge in [-0.05, 0) is 25.0 Å². The molecule has 1 aromatic carbocycles. The number of nitrogens with zero attached hydrogens (tertiary/aromatic N) is 6. The van der Waals surface area contributed by atoms with E-state index in [9.17, 15) is 14.4 Å². The van der Waals surface area contributed by atoms with E-state index in [2.05, 4.69) is 30.7 Å². The molecule has 1 saturated heterocycles. The van der Waals surface area contributed by atoms with E-state index in [4.69, 9.17) is 0 Å². The fourth-order valence-corrected chi connectivity index (χ4v) is 4.87. The van der Waals surface area contributed by atoms with E-state index in [1.165, 1.54) is 7.05 Å². The van der Waals surface area contributed by atoms with E-state index < -0.39 is 5.56 Å². The van der Waals surface area contributed by atoms with Gasteiger partial charge < -0.3 is 10.6 Å². The molecule has 0 radical (unpaired) electrons. The van der Waals surface area contributed by atoms with Crippen LogP contribution in [0, 0.1) is 0 Å². The van der Waals surface area contributed by atoms with Crippen molar-refractivity contribution in [2.24, 2.45) is 7.05 Å². The smallest absolute Gasteiger partial charge is 0.332 e. The molecule has 0 unspecified atom stereocenters. The molecule has 1 amide bonds. The van der Waals surface area contributed by atoms with Gasteiger partial charge in [0, 0.05) is 63.5 Å². The van der Waals surface area contributed by atoms with Crippen molar-refractivity contribution < 1.29 is 4.79 Å². The first kappa shape index (κ1) is 23.3. The molecule has 35 heavy (non-hydrogen) atoms. The summed E-state index contributed by atoms with van der Waals surface area (Å²) in [5.41, 5.74) is 0.653. The molecular formula is C24H30N8O3. The Bertz CT molecular complexity index is 1340. The summed E-state index contributed by atoms with van der Waals surface area (Å²) in [4.78, 5) is 44.9. The maximum Gasteiger partial charge on any atom is 0.332 e. The second-order valence-corrected chi connectivity index (χ2v) is 9.19. The monoisotopic (exact) mass is 478 g/mol. The third-order valence-corrected chi connectivity index (χ3v) is 6.92. The molecule has 5 rings (SSSR count). The van der Waals surface area contributed by atoms with Crippen LogP contribution in [-0.4, -0.2) is 74.4 Å². The second kappa shape index (κ2) is 10.0. The summed E-state index contributed by atoms with van der Waals surface area (Å²) in [5.74, 6) is 0.135. The Morgan fingerprint density at radius 2 is 1.80 bits per heavy atom. The minimum atomic E-state index is -0.490. The zero-order valence-corrected chi connectivity index (χ0v) is 19.9. The van der Waals surface area contributed by atoms with Gasteiger partial charge >= 0.3 is 5.69 Å². The van der Waals surface area contributed by atoms with Crippen molar-refractivity contribution in [1.29, 1.82) is 0 Å². The van der Waals surface area contributed by atoms with Crippen LogP contribution in [0.4, 0.5) is 0 Å². The highest BCUT2D eigenvalue weighted by molar-refractivity contribution is 5.94. The molecule has 1 aliphatic heterocycles. The third-order valence-electron chi connectivity index (χ3n) is 6.92. The van der Waals surface area contributed by atoms with Gasteiger partial charge in [-0.2, -0.15) is 0 Å². The van der Waals surface area contributed by atoms with Crippen molar-refractivity contribution in [3.8, 4) is 11.4 Å². The molecule has 11 heteroatoms. The topological polar surface area (TPSA) is 127 Å². The van der Waals surface area contributed by atoms with Gasteiger partial charge in [-0.1, -0.05) is 25.0 Å². The Balaban J connectivity index is 1.35. The molecule has 0 spiro atoms. The van der Waals surface area contributed by atoms with Gasteiger partial charge in [-0.3, -0.25) is 23.6 Å². The van der Waals surface area contributed by atoms with E-state index in [0.29, 0.717) is 17.7 Å². The van der Waals surface area contributed by atoms with Crippen LogP contribution < -0.4 is 21.9 Å². The SMILES string of the molecule is Cn1c(=O)c2nc(-c3ccc(C(=O)NCCN4CCNCC4)cc3)nnc2n(C2CCCC2)c1=O. The number of rotatable bonds is 6. The number of benzene rings is 1. The minimum Gasteiger partial charge on any atom is -0.351 e. The number of hydrogen-bond donors (Lipinski definition) is 2. The molecule has 2 fully saturated rings. The second-order valence-electron chi connectivity index (χ2n) is 9.19. The van der Waals surface area contributed by atoms with Gasteiger partial charge in [0.2, 0.25) is 0 Å². The van der Waals surface area contributed by atoms with Crippen LogP contribution >= 0.6 is 0 Å². The van der Waals surface area contributed by atoms with Crippen LogP contribution in [0.15, 0.2) is 33.9 Å². The molecule has 0 atom stereocenters. The molecule has 11 nitrogen and oxygen atoms in total. The molecule has 0 bridgehead atoms. The van der Waals surface area contributed by atoms with E-state index in [1.807, 2.05) is 0 Å². The molecule has 3 heterocycles. The maximum absolute atomic E-state index is 12.8. The molecule has 2 aliphatic rings. The van der Waals surface area contributed by atoms with Crippen molar-refractivity contribution in [1.82, 2.24) is 39.8 Å². The number of amides is 1. The molecule has 3 aromatic rings. The lowest BCUT2D eigenvalue weighted by atomic mass is 10.1. The van der Waals surface area contributed by atoms with Crippen molar-refractivity contribution in [3.63, 3.8) is 0 Å². The van der Waals surface area contributed by atoms with Crippen LogP contribution in [0.1, 0.15) is 42.1 Å². The highest BCUT2D eigenvalue weighted by Crippen LogP contribution is 2.29.